The Kier molecular flexibility index (Phi) is 5.12. The van der Waals surface area contributed by atoms with E-state index in [0.29, 0.717) is 17.6 Å². The van der Waals surface area contributed by atoms with Crippen molar-refractivity contribution in [1.82, 2.24) is 15.0 Å². The Morgan fingerprint density at radius 3 is 2.95 bits per heavy atom. The van der Waals surface area contributed by atoms with Crippen LogP contribution in [0.5, 0.6) is 5.88 Å². The van der Waals surface area contributed by atoms with Gasteiger partial charge in [-0.2, -0.15) is 0 Å². The molecule has 0 spiro atoms. The number of nitrogens with two attached hydrogens (primary N) is 1. The Balaban J connectivity index is 2.71. The topological polar surface area (TPSA) is 139 Å². The first-order valence-corrected chi connectivity index (χ1v) is 5.68. The number of nitrogens with zero attached hydrogens (tertiary/aromatic N) is 1. The van der Waals surface area contributed by atoms with Crippen molar-refractivity contribution in [3.05, 3.63) is 16.2 Å². The van der Waals surface area contributed by atoms with E-state index in [1.54, 1.807) is 6.92 Å². The van der Waals surface area contributed by atoms with E-state index in [2.05, 4.69) is 10.3 Å². The van der Waals surface area contributed by atoms with Crippen LogP contribution < -0.4 is 21.6 Å². The van der Waals surface area contributed by atoms with Crippen LogP contribution in [0.1, 0.15) is 19.0 Å². The fraction of sp³-hybridized carbons (Fsp3) is 0.500. The molecule has 0 aliphatic rings. The van der Waals surface area contributed by atoms with Gasteiger partial charge in [-0.05, 0) is 12.8 Å². The van der Waals surface area contributed by atoms with E-state index < -0.39 is 17.7 Å². The van der Waals surface area contributed by atoms with Crippen molar-refractivity contribution in [2.75, 3.05) is 6.54 Å². The molecule has 1 aromatic heterocycles. The van der Waals surface area contributed by atoms with Gasteiger partial charge in [-0.15, -0.1) is 4.73 Å². The predicted octanol–water partition coefficient (Wildman–Crippen LogP) is -2.14. The predicted molar refractivity (Wildman–Crippen MR) is 64.3 cm³/mol. The van der Waals surface area contributed by atoms with Crippen molar-refractivity contribution in [1.29, 1.82) is 0 Å². The molecule has 0 fully saturated rings. The van der Waals surface area contributed by atoms with E-state index in [-0.39, 0.29) is 24.5 Å². The van der Waals surface area contributed by atoms with Gasteiger partial charge in [0.1, 0.15) is 11.7 Å². The van der Waals surface area contributed by atoms with Gasteiger partial charge >= 0.3 is 11.7 Å². The molecule has 1 aromatic rings. The summed E-state index contributed by atoms with van der Waals surface area (Å²) in [6.07, 6.45) is 0.950. The van der Waals surface area contributed by atoms with E-state index in [1.165, 1.54) is 0 Å². The van der Waals surface area contributed by atoms with E-state index in [0.717, 1.165) is 0 Å². The van der Waals surface area contributed by atoms with Crippen molar-refractivity contribution < 1.29 is 19.5 Å². The van der Waals surface area contributed by atoms with E-state index in [9.17, 15) is 19.5 Å². The Labute approximate surface area is 108 Å². The van der Waals surface area contributed by atoms with E-state index in [4.69, 9.17) is 10.6 Å². The molecule has 19 heavy (non-hydrogen) atoms. The molecule has 5 N–H and O–H groups in total. The molecule has 1 unspecified atom stereocenters. The maximum atomic E-state index is 11.6. The van der Waals surface area contributed by atoms with Gasteiger partial charge in [-0.25, -0.2) is 9.59 Å². The molecular weight excluding hydrogens is 256 g/mol. The second-order valence-electron chi connectivity index (χ2n) is 3.75. The lowest BCUT2D eigenvalue weighted by Gasteiger charge is -2.11. The zero-order valence-corrected chi connectivity index (χ0v) is 10.4. The largest absolute Gasteiger partial charge is 0.493 e. The molecule has 0 aliphatic carbocycles. The third kappa shape index (κ3) is 3.58. The summed E-state index contributed by atoms with van der Waals surface area (Å²) in [7, 11) is 0. The molecule has 0 aromatic carbocycles. The van der Waals surface area contributed by atoms with Crippen molar-refractivity contribution in [3.63, 3.8) is 0 Å². The van der Waals surface area contributed by atoms with Gasteiger partial charge in [0.25, 0.3) is 0 Å². The number of hydrogen-bond donors (Lipinski definition) is 4. The number of aromatic amines is 1. The number of hydrogen-bond acceptors (Lipinski definition) is 6. The van der Waals surface area contributed by atoms with Gasteiger partial charge in [0, 0.05) is 6.54 Å². The number of imidazole rings is 1. The molecule has 0 saturated heterocycles. The number of amides is 1. The lowest BCUT2D eigenvalue weighted by molar-refractivity contribution is -0.146. The molecule has 1 amide bonds. The third-order valence-corrected chi connectivity index (χ3v) is 2.43. The fourth-order valence-corrected chi connectivity index (χ4v) is 1.42. The summed E-state index contributed by atoms with van der Waals surface area (Å²) in [6.45, 7) is 1.90. The second-order valence-corrected chi connectivity index (χ2v) is 3.75. The van der Waals surface area contributed by atoms with Gasteiger partial charge in [0.05, 0.1) is 0 Å². The van der Waals surface area contributed by atoms with Crippen LogP contribution in [-0.2, 0) is 16.0 Å². The Hall–Kier alpha value is -2.29. The Bertz CT molecular complexity index is 507. The number of rotatable bonds is 7. The minimum absolute atomic E-state index is 0.150. The molecule has 9 nitrogen and oxygen atoms in total. The van der Waals surface area contributed by atoms with Crippen LogP contribution in [0.15, 0.2) is 4.79 Å². The molecule has 1 rings (SSSR count). The highest BCUT2D eigenvalue weighted by Gasteiger charge is 2.20. The highest BCUT2D eigenvalue weighted by atomic mass is 16.7. The summed E-state index contributed by atoms with van der Waals surface area (Å²) >= 11 is 0. The van der Waals surface area contributed by atoms with Crippen LogP contribution in [0, 0.1) is 0 Å². The lowest BCUT2D eigenvalue weighted by atomic mass is 10.2. The van der Waals surface area contributed by atoms with Crippen LogP contribution in [0.2, 0.25) is 0 Å². The Morgan fingerprint density at radius 1 is 1.68 bits per heavy atom. The first kappa shape index (κ1) is 14.8. The first-order chi connectivity index (χ1) is 9.01. The van der Waals surface area contributed by atoms with Crippen LogP contribution >= 0.6 is 0 Å². The fourth-order valence-electron chi connectivity index (χ4n) is 1.42. The minimum Gasteiger partial charge on any atom is -0.493 e. The summed E-state index contributed by atoms with van der Waals surface area (Å²) in [5.41, 5.74) is 4.92. The quantitative estimate of drug-likeness (QED) is 0.330. The molecule has 9 heteroatoms. The number of aromatic hydroxyl groups is 1. The summed E-state index contributed by atoms with van der Waals surface area (Å²) in [4.78, 5) is 40.0. The number of nitrogens with one attached hydrogen (secondary N) is 2. The van der Waals surface area contributed by atoms with Gasteiger partial charge in [-0.1, -0.05) is 6.92 Å². The molecule has 1 atom stereocenters. The SMILES string of the molecule is CCc1c(O)[nH]c(=O)n1OC(=O)C(N)CCNC=O. The summed E-state index contributed by atoms with van der Waals surface area (Å²) in [5, 5.41) is 11.7. The van der Waals surface area contributed by atoms with Gasteiger partial charge in [-0.3, -0.25) is 9.78 Å². The minimum atomic E-state index is -0.985. The number of carbonyl (C=O) groups is 2. The average Bonchev–Trinajstić information content (AvgIpc) is 2.63. The zero-order valence-electron chi connectivity index (χ0n) is 10.4. The maximum Gasteiger partial charge on any atom is 0.362 e. The monoisotopic (exact) mass is 272 g/mol. The number of carbonyl (C=O) groups excluding carboxylic acids is 2. The smallest absolute Gasteiger partial charge is 0.362 e. The van der Waals surface area contributed by atoms with Gasteiger partial charge in [0.2, 0.25) is 12.3 Å². The normalized spacial score (nSPS) is 11.9. The van der Waals surface area contributed by atoms with Crippen molar-refractivity contribution in [3.8, 4) is 5.88 Å². The molecule has 0 bridgehead atoms. The van der Waals surface area contributed by atoms with Gasteiger partial charge in [0.15, 0.2) is 0 Å². The molecule has 0 saturated carbocycles. The lowest BCUT2D eigenvalue weighted by Crippen LogP contribution is -2.42. The summed E-state index contributed by atoms with van der Waals surface area (Å²) in [5.74, 6) is -1.18. The highest BCUT2D eigenvalue weighted by molar-refractivity contribution is 5.75. The van der Waals surface area contributed by atoms with Crippen LogP contribution in [0.3, 0.4) is 0 Å². The highest BCUT2D eigenvalue weighted by Crippen LogP contribution is 2.10. The molecule has 0 aliphatic heterocycles. The average molecular weight is 272 g/mol. The third-order valence-electron chi connectivity index (χ3n) is 2.43. The molecule has 0 radical (unpaired) electrons. The standard InChI is InChI=1S/C10H16N4O5/c1-2-7-8(16)13-10(18)14(7)19-9(17)6(11)3-4-12-5-15/h5-6,16H,2-4,11H2,1H3,(H,12,15)(H,13,18). The first-order valence-electron chi connectivity index (χ1n) is 5.68. The maximum absolute atomic E-state index is 11.6. The summed E-state index contributed by atoms with van der Waals surface area (Å²) < 4.78 is 0.671. The molecular formula is C10H16N4O5. The number of H-pyrrole nitrogens is 1. The second kappa shape index (κ2) is 6.59. The number of aromatic nitrogens is 2. The summed E-state index contributed by atoms with van der Waals surface area (Å²) in [6, 6.07) is -0.985. The Morgan fingerprint density at radius 2 is 2.37 bits per heavy atom. The van der Waals surface area contributed by atoms with Gasteiger partial charge < -0.3 is 21.0 Å². The molecule has 106 valence electrons. The van der Waals surface area contributed by atoms with Crippen molar-refractivity contribution in [2.45, 2.75) is 25.8 Å². The molecule has 1 heterocycles. The van der Waals surface area contributed by atoms with Crippen molar-refractivity contribution in [2.24, 2.45) is 5.73 Å². The van der Waals surface area contributed by atoms with Crippen LogP contribution in [-0.4, -0.2) is 39.8 Å². The van der Waals surface area contributed by atoms with E-state index >= 15 is 0 Å². The van der Waals surface area contributed by atoms with Crippen LogP contribution in [0.4, 0.5) is 0 Å². The van der Waals surface area contributed by atoms with E-state index in [1.807, 2.05) is 0 Å². The van der Waals surface area contributed by atoms with Crippen molar-refractivity contribution >= 4 is 12.4 Å². The zero-order chi connectivity index (χ0) is 14.4. The van der Waals surface area contributed by atoms with Crippen LogP contribution in [0.25, 0.3) is 0 Å².